The predicted molar refractivity (Wildman–Crippen MR) is 300 cm³/mol. The number of anilines is 3. The second kappa shape index (κ2) is 16.0. The molecule has 0 bridgehead atoms. The highest BCUT2D eigenvalue weighted by atomic mass is 15.1. The fraction of sp³-hybridized carbons (Fsp3) is 0.0986. The third kappa shape index (κ3) is 5.83. The molecular weight excluding hydrogens is 867 g/mol. The molecule has 15 rings (SSSR count). The van der Waals surface area contributed by atoms with Crippen LogP contribution in [-0.4, -0.2) is 0 Å². The summed E-state index contributed by atoms with van der Waals surface area (Å²) in [5.74, 6) is 0.613. The Morgan fingerprint density at radius 2 is 0.986 bits per heavy atom. The van der Waals surface area contributed by atoms with Crippen LogP contribution in [0.5, 0.6) is 0 Å². The Hall–Kier alpha value is -8.52. The van der Waals surface area contributed by atoms with Crippen LogP contribution >= 0.6 is 0 Å². The normalized spacial score (nSPS) is 14.2. The maximum atomic E-state index is 2.63. The van der Waals surface area contributed by atoms with E-state index in [0.29, 0.717) is 5.92 Å². The lowest BCUT2D eigenvalue weighted by Crippen LogP contribution is -2.25. The van der Waals surface area contributed by atoms with Crippen molar-refractivity contribution in [1.29, 1.82) is 0 Å². The molecule has 0 fully saturated rings. The lowest BCUT2D eigenvalue weighted by atomic mass is 9.70. The Morgan fingerprint density at radius 1 is 0.431 bits per heavy atom. The van der Waals surface area contributed by atoms with Gasteiger partial charge >= 0.3 is 0 Å². The maximum absolute atomic E-state index is 2.63. The van der Waals surface area contributed by atoms with Gasteiger partial charge in [-0.3, -0.25) is 0 Å². The van der Waals surface area contributed by atoms with Gasteiger partial charge in [0.1, 0.15) is 0 Å². The summed E-state index contributed by atoms with van der Waals surface area (Å²) in [5.41, 5.74) is 29.0. The van der Waals surface area contributed by atoms with Crippen LogP contribution in [0.15, 0.2) is 243 Å². The van der Waals surface area contributed by atoms with E-state index in [0.717, 1.165) is 30.6 Å². The van der Waals surface area contributed by atoms with Crippen molar-refractivity contribution in [2.24, 2.45) is 0 Å². The topological polar surface area (TPSA) is 3.24 Å². The van der Waals surface area contributed by atoms with E-state index in [1.54, 1.807) is 0 Å². The Labute approximate surface area is 422 Å². The highest BCUT2D eigenvalue weighted by molar-refractivity contribution is 6.18. The van der Waals surface area contributed by atoms with Gasteiger partial charge < -0.3 is 4.90 Å². The minimum atomic E-state index is -0.392. The number of fused-ring (bicyclic) bond motifs is 13. The molecule has 11 aromatic carbocycles. The van der Waals surface area contributed by atoms with Crippen molar-refractivity contribution in [2.75, 3.05) is 4.90 Å². The molecule has 1 spiro atoms. The lowest BCUT2D eigenvalue weighted by Gasteiger charge is -2.31. The van der Waals surface area contributed by atoms with Crippen molar-refractivity contribution in [3.05, 3.63) is 293 Å². The smallest absolute Gasteiger partial charge is 0.0725 e. The Balaban J connectivity index is 0.936. The summed E-state index contributed by atoms with van der Waals surface area (Å²) in [6, 6.07) is 92.0. The Bertz CT molecular complexity index is 3930. The number of hydrogen-bond acceptors (Lipinski definition) is 1. The van der Waals surface area contributed by atoms with E-state index in [1.807, 2.05) is 0 Å². The standard InChI is InChI=1S/C71H51N/c1-45(51(47-22-7-3-8-23-47)38-36-46-20-5-2-6-21-46)60-42-48-43-62-67(41-39-59-53-27-12-11-26-52(53)57-31-19-32-58(60)69(57)68(48)70(59)62)72(49-24-9-4-10-25-49)50-37-40-66-61(44-50)56-30-15-18-35-65(56)71(66)63-33-16-13-28-54(63)55-29-14-17-34-64(55)71/h2-35,37,39-42,44-45,51H,36,38,43H2,1H3. The first-order chi connectivity index (χ1) is 35.7. The van der Waals surface area contributed by atoms with Gasteiger partial charge in [-0.1, -0.05) is 219 Å². The zero-order valence-electron chi connectivity index (χ0n) is 40.3. The van der Waals surface area contributed by atoms with Crippen molar-refractivity contribution in [2.45, 2.75) is 43.4 Å². The molecule has 0 saturated carbocycles. The van der Waals surface area contributed by atoms with Crippen molar-refractivity contribution in [3.8, 4) is 55.6 Å². The minimum Gasteiger partial charge on any atom is -0.310 e. The highest BCUT2D eigenvalue weighted by Gasteiger charge is 2.51. The van der Waals surface area contributed by atoms with E-state index in [-0.39, 0.29) is 5.92 Å². The minimum absolute atomic E-state index is 0.273. The molecule has 340 valence electrons. The second-order valence-electron chi connectivity index (χ2n) is 20.6. The zero-order chi connectivity index (χ0) is 47.5. The first kappa shape index (κ1) is 41.3. The Kier molecular flexibility index (Phi) is 9.18. The van der Waals surface area contributed by atoms with Crippen molar-refractivity contribution in [1.82, 2.24) is 0 Å². The second-order valence-corrected chi connectivity index (χ2v) is 20.6. The van der Waals surface area contributed by atoms with Crippen LogP contribution in [0.25, 0.3) is 66.4 Å². The average Bonchev–Trinajstić information content (AvgIpc) is 4.05. The van der Waals surface area contributed by atoms with Gasteiger partial charge in [0.2, 0.25) is 0 Å². The first-order valence-electron chi connectivity index (χ1n) is 25.9. The SMILES string of the molecule is CC(c1cc2c3c4c(cccc14)-c1ccccc1-c1ccc(N(c4ccccc4)c4ccc5c(c4)-c4ccccc4C54c5ccccc5-c5ccccc54)c(c1-3)C2)C(CCc1ccccc1)c1ccccc1. The zero-order valence-corrected chi connectivity index (χ0v) is 40.3. The fourth-order valence-corrected chi connectivity index (χ4v) is 14.1. The van der Waals surface area contributed by atoms with Crippen LogP contribution < -0.4 is 4.90 Å². The van der Waals surface area contributed by atoms with Gasteiger partial charge in [-0.25, -0.2) is 0 Å². The van der Waals surface area contributed by atoms with Gasteiger partial charge in [0.25, 0.3) is 0 Å². The molecule has 0 heterocycles. The van der Waals surface area contributed by atoms with Crippen LogP contribution in [0.2, 0.25) is 0 Å². The van der Waals surface area contributed by atoms with Gasteiger partial charge in [0.15, 0.2) is 0 Å². The molecule has 2 atom stereocenters. The van der Waals surface area contributed by atoms with Crippen LogP contribution in [0.4, 0.5) is 17.1 Å². The van der Waals surface area contributed by atoms with Gasteiger partial charge in [0.05, 0.1) is 11.1 Å². The van der Waals surface area contributed by atoms with Crippen molar-refractivity contribution in [3.63, 3.8) is 0 Å². The molecule has 0 amide bonds. The largest absolute Gasteiger partial charge is 0.310 e. The third-order valence-electron chi connectivity index (χ3n) is 17.1. The number of benzene rings is 11. The lowest BCUT2D eigenvalue weighted by molar-refractivity contribution is 0.537. The molecule has 11 aromatic rings. The summed E-state index contributed by atoms with van der Waals surface area (Å²) < 4.78 is 0. The monoisotopic (exact) mass is 917 g/mol. The Morgan fingerprint density at radius 3 is 1.67 bits per heavy atom. The first-order valence-corrected chi connectivity index (χ1v) is 25.9. The molecule has 0 saturated heterocycles. The van der Waals surface area contributed by atoms with Gasteiger partial charge in [0, 0.05) is 17.8 Å². The van der Waals surface area contributed by atoms with Crippen LogP contribution in [0.3, 0.4) is 0 Å². The molecule has 4 aliphatic rings. The molecule has 0 aromatic heterocycles. The summed E-state index contributed by atoms with van der Waals surface area (Å²) >= 11 is 0. The molecular formula is C71H51N. The van der Waals surface area contributed by atoms with E-state index >= 15 is 0 Å². The van der Waals surface area contributed by atoms with Gasteiger partial charge in [-0.05, 0) is 171 Å². The van der Waals surface area contributed by atoms with Crippen molar-refractivity contribution < 1.29 is 0 Å². The van der Waals surface area contributed by atoms with Gasteiger partial charge in [-0.2, -0.15) is 0 Å². The van der Waals surface area contributed by atoms with E-state index in [2.05, 4.69) is 254 Å². The van der Waals surface area contributed by atoms with Crippen LogP contribution in [-0.2, 0) is 18.3 Å². The number of hydrogen-bond donors (Lipinski definition) is 0. The molecule has 0 N–H and O–H groups in total. The number of nitrogens with zero attached hydrogens (tertiary/aromatic N) is 1. The molecule has 0 radical (unpaired) electrons. The number of para-hydroxylation sites is 1. The fourth-order valence-electron chi connectivity index (χ4n) is 14.1. The summed E-state index contributed by atoms with van der Waals surface area (Å²) in [6.07, 6.45) is 2.96. The van der Waals surface area contributed by atoms with Crippen molar-refractivity contribution >= 4 is 27.8 Å². The molecule has 4 aliphatic carbocycles. The van der Waals surface area contributed by atoms with E-state index in [1.165, 1.54) is 122 Å². The van der Waals surface area contributed by atoms with Gasteiger partial charge in [-0.15, -0.1) is 0 Å². The molecule has 72 heavy (non-hydrogen) atoms. The number of rotatable bonds is 9. The molecule has 1 nitrogen and oxygen atoms in total. The van der Waals surface area contributed by atoms with E-state index in [9.17, 15) is 0 Å². The third-order valence-corrected chi connectivity index (χ3v) is 17.1. The number of aryl methyl sites for hydroxylation is 1. The highest BCUT2D eigenvalue weighted by Crippen LogP contribution is 2.64. The molecule has 2 unspecified atom stereocenters. The van der Waals surface area contributed by atoms with Crippen LogP contribution in [0, 0.1) is 0 Å². The summed E-state index contributed by atoms with van der Waals surface area (Å²) in [5, 5.41) is 2.78. The maximum Gasteiger partial charge on any atom is 0.0725 e. The van der Waals surface area contributed by atoms with E-state index < -0.39 is 5.41 Å². The average molecular weight is 918 g/mol. The van der Waals surface area contributed by atoms with E-state index in [4.69, 9.17) is 0 Å². The molecule has 1 heteroatoms. The quantitative estimate of drug-likeness (QED) is 0.139. The predicted octanol–water partition coefficient (Wildman–Crippen LogP) is 18.4. The summed E-state index contributed by atoms with van der Waals surface area (Å²) in [6.45, 7) is 2.50. The summed E-state index contributed by atoms with van der Waals surface area (Å²) in [4.78, 5) is 2.56. The molecule has 0 aliphatic heterocycles. The van der Waals surface area contributed by atoms with Crippen LogP contribution in [0.1, 0.15) is 75.3 Å². The summed E-state index contributed by atoms with van der Waals surface area (Å²) in [7, 11) is 0.